The van der Waals surface area contributed by atoms with Gasteiger partial charge in [-0.05, 0) is 23.1 Å². The van der Waals surface area contributed by atoms with Crippen molar-refractivity contribution in [3.05, 3.63) is 77.9 Å². The second-order valence-electron chi connectivity index (χ2n) is 5.97. The van der Waals surface area contributed by atoms with Crippen molar-refractivity contribution >= 4 is 22.5 Å². The zero-order valence-electron chi connectivity index (χ0n) is 14.0. The molecule has 1 N–H and O–H groups in total. The minimum Gasteiger partial charge on any atom is -0.323 e. The van der Waals surface area contributed by atoms with Crippen LogP contribution in [0.3, 0.4) is 0 Å². The van der Waals surface area contributed by atoms with Crippen LogP contribution in [0.4, 0.5) is 23.7 Å². The molecule has 0 aliphatic heterocycles. The molecule has 3 aromatic carbocycles. The number of hydrogen-bond donors (Lipinski definition) is 1. The number of benzene rings is 3. The predicted molar refractivity (Wildman–Crippen MR) is 95.9 cm³/mol. The molecule has 0 spiro atoms. The Morgan fingerprint density at radius 2 is 1.62 bits per heavy atom. The van der Waals surface area contributed by atoms with Gasteiger partial charge in [-0.25, -0.2) is 4.79 Å². The Bertz CT molecular complexity index is 932. The average Bonchev–Trinajstić information content (AvgIpc) is 2.61. The monoisotopic (exact) mass is 358 g/mol. The van der Waals surface area contributed by atoms with Crippen molar-refractivity contribution < 1.29 is 18.0 Å². The molecule has 3 nitrogen and oxygen atoms in total. The minimum atomic E-state index is -4.45. The lowest BCUT2D eigenvalue weighted by atomic mass is 10.1. The van der Waals surface area contributed by atoms with E-state index < -0.39 is 17.8 Å². The molecule has 0 aliphatic rings. The molecule has 3 aromatic rings. The Kier molecular flexibility index (Phi) is 4.84. The molecule has 0 radical (unpaired) electrons. The summed E-state index contributed by atoms with van der Waals surface area (Å²) in [6, 6.07) is 17.9. The van der Waals surface area contributed by atoms with Gasteiger partial charge in [-0.1, -0.05) is 54.6 Å². The fraction of sp³-hybridized carbons (Fsp3) is 0.150. The maximum atomic E-state index is 13.1. The number of nitrogens with zero attached hydrogens (tertiary/aromatic N) is 1. The molecule has 26 heavy (non-hydrogen) atoms. The van der Waals surface area contributed by atoms with Gasteiger partial charge in [0, 0.05) is 19.0 Å². The molecule has 0 unspecified atom stereocenters. The first-order valence-electron chi connectivity index (χ1n) is 8.01. The van der Waals surface area contributed by atoms with E-state index in [9.17, 15) is 18.0 Å². The number of rotatable bonds is 3. The van der Waals surface area contributed by atoms with Crippen molar-refractivity contribution in [3.63, 3.8) is 0 Å². The second kappa shape index (κ2) is 7.07. The SMILES string of the molecule is CN(Cc1ccccc1C(F)(F)F)C(=O)Nc1cccc2ccccc12. The summed E-state index contributed by atoms with van der Waals surface area (Å²) in [5, 5.41) is 4.60. The molecule has 0 heterocycles. The molecule has 134 valence electrons. The lowest BCUT2D eigenvalue weighted by Gasteiger charge is -2.21. The van der Waals surface area contributed by atoms with E-state index in [0.717, 1.165) is 16.8 Å². The molecule has 0 saturated heterocycles. The molecule has 0 aromatic heterocycles. The standard InChI is InChI=1S/C20H17F3N2O/c1-25(13-15-8-3-5-11-17(15)20(21,22)23)19(26)24-18-12-6-9-14-7-2-4-10-16(14)18/h2-12H,13H2,1H3,(H,24,26). The van der Waals surface area contributed by atoms with E-state index in [0.29, 0.717) is 5.69 Å². The number of hydrogen-bond acceptors (Lipinski definition) is 1. The summed E-state index contributed by atoms with van der Waals surface area (Å²) in [6.07, 6.45) is -4.45. The summed E-state index contributed by atoms with van der Waals surface area (Å²) in [5.41, 5.74) is -0.0653. The Hall–Kier alpha value is -3.02. The van der Waals surface area contributed by atoms with Crippen LogP contribution in [0, 0.1) is 0 Å². The molecule has 0 bridgehead atoms. The van der Waals surface area contributed by atoms with Crippen molar-refractivity contribution in [2.24, 2.45) is 0 Å². The van der Waals surface area contributed by atoms with Crippen LogP contribution in [-0.4, -0.2) is 18.0 Å². The Labute approximate surface area is 149 Å². The number of carbonyl (C=O) groups is 1. The summed E-state index contributed by atoms with van der Waals surface area (Å²) in [5.74, 6) is 0. The maximum Gasteiger partial charge on any atom is 0.416 e. The van der Waals surface area contributed by atoms with E-state index in [1.54, 1.807) is 6.07 Å². The molecule has 0 atom stereocenters. The van der Waals surface area contributed by atoms with Crippen molar-refractivity contribution in [2.75, 3.05) is 12.4 Å². The first-order valence-corrected chi connectivity index (χ1v) is 8.01. The Balaban J connectivity index is 1.79. The van der Waals surface area contributed by atoms with E-state index >= 15 is 0 Å². The topological polar surface area (TPSA) is 32.3 Å². The molecule has 0 fully saturated rings. The third-order valence-corrected chi connectivity index (χ3v) is 4.11. The van der Waals surface area contributed by atoms with Gasteiger partial charge in [-0.2, -0.15) is 13.2 Å². The molecule has 2 amide bonds. The van der Waals surface area contributed by atoms with Gasteiger partial charge in [0.1, 0.15) is 0 Å². The Morgan fingerprint density at radius 3 is 2.38 bits per heavy atom. The van der Waals surface area contributed by atoms with Crippen molar-refractivity contribution in [1.29, 1.82) is 0 Å². The summed E-state index contributed by atoms with van der Waals surface area (Å²) in [4.78, 5) is 13.7. The fourth-order valence-corrected chi connectivity index (χ4v) is 2.81. The summed E-state index contributed by atoms with van der Waals surface area (Å²) in [7, 11) is 1.47. The van der Waals surface area contributed by atoms with Gasteiger partial charge in [0.25, 0.3) is 0 Å². The normalized spacial score (nSPS) is 11.4. The number of halogens is 3. The molecule has 6 heteroatoms. The molecular weight excluding hydrogens is 341 g/mol. The highest BCUT2D eigenvalue weighted by atomic mass is 19.4. The van der Waals surface area contributed by atoms with Gasteiger partial charge in [-0.3, -0.25) is 0 Å². The van der Waals surface area contributed by atoms with Gasteiger partial charge >= 0.3 is 12.2 Å². The number of alkyl halides is 3. The van der Waals surface area contributed by atoms with Crippen LogP contribution in [0.2, 0.25) is 0 Å². The molecular formula is C20H17F3N2O. The van der Waals surface area contributed by atoms with Crippen LogP contribution in [0.15, 0.2) is 66.7 Å². The van der Waals surface area contributed by atoms with E-state index in [1.165, 1.54) is 30.1 Å². The number of carbonyl (C=O) groups excluding carboxylic acids is 1. The van der Waals surface area contributed by atoms with Gasteiger partial charge in [0.15, 0.2) is 0 Å². The van der Waals surface area contributed by atoms with Crippen molar-refractivity contribution in [3.8, 4) is 0 Å². The largest absolute Gasteiger partial charge is 0.416 e. The molecule has 0 saturated carbocycles. The zero-order valence-corrected chi connectivity index (χ0v) is 14.0. The number of anilines is 1. The fourth-order valence-electron chi connectivity index (χ4n) is 2.81. The van der Waals surface area contributed by atoms with Crippen LogP contribution >= 0.6 is 0 Å². The number of fused-ring (bicyclic) bond motifs is 1. The van der Waals surface area contributed by atoms with Gasteiger partial charge in [-0.15, -0.1) is 0 Å². The van der Waals surface area contributed by atoms with Gasteiger partial charge in [0.05, 0.1) is 11.3 Å². The predicted octanol–water partition coefficient (Wildman–Crippen LogP) is 5.52. The highest BCUT2D eigenvalue weighted by Gasteiger charge is 2.33. The number of nitrogens with one attached hydrogen (secondary N) is 1. The van der Waals surface area contributed by atoms with Crippen LogP contribution in [0.5, 0.6) is 0 Å². The molecule has 3 rings (SSSR count). The van der Waals surface area contributed by atoms with Gasteiger partial charge < -0.3 is 10.2 Å². The van der Waals surface area contributed by atoms with E-state index in [4.69, 9.17) is 0 Å². The summed E-state index contributed by atoms with van der Waals surface area (Å²) < 4.78 is 39.3. The number of amides is 2. The summed E-state index contributed by atoms with van der Waals surface area (Å²) >= 11 is 0. The quantitative estimate of drug-likeness (QED) is 0.657. The minimum absolute atomic E-state index is 0.0515. The van der Waals surface area contributed by atoms with E-state index in [2.05, 4.69) is 5.32 Å². The lowest BCUT2D eigenvalue weighted by molar-refractivity contribution is -0.138. The lowest BCUT2D eigenvalue weighted by Crippen LogP contribution is -2.31. The maximum absolute atomic E-state index is 13.1. The smallest absolute Gasteiger partial charge is 0.323 e. The first kappa shape index (κ1) is 17.8. The highest BCUT2D eigenvalue weighted by Crippen LogP contribution is 2.32. The third kappa shape index (κ3) is 3.79. The third-order valence-electron chi connectivity index (χ3n) is 4.11. The van der Waals surface area contributed by atoms with Crippen LogP contribution < -0.4 is 5.32 Å². The van der Waals surface area contributed by atoms with Crippen LogP contribution in [0.1, 0.15) is 11.1 Å². The number of urea groups is 1. The van der Waals surface area contributed by atoms with Crippen LogP contribution in [-0.2, 0) is 12.7 Å². The average molecular weight is 358 g/mol. The van der Waals surface area contributed by atoms with Crippen molar-refractivity contribution in [1.82, 2.24) is 4.90 Å². The Morgan fingerprint density at radius 1 is 0.962 bits per heavy atom. The van der Waals surface area contributed by atoms with Crippen LogP contribution in [0.25, 0.3) is 10.8 Å². The second-order valence-corrected chi connectivity index (χ2v) is 5.97. The highest BCUT2D eigenvalue weighted by molar-refractivity contribution is 6.01. The zero-order chi connectivity index (χ0) is 18.7. The first-order chi connectivity index (χ1) is 12.4. The summed E-state index contributed by atoms with van der Waals surface area (Å²) in [6.45, 7) is -0.147. The molecule has 0 aliphatic carbocycles. The van der Waals surface area contributed by atoms with E-state index in [1.807, 2.05) is 36.4 Å². The van der Waals surface area contributed by atoms with E-state index in [-0.39, 0.29) is 12.1 Å². The van der Waals surface area contributed by atoms with Gasteiger partial charge in [0.2, 0.25) is 0 Å². The van der Waals surface area contributed by atoms with Crippen molar-refractivity contribution in [2.45, 2.75) is 12.7 Å².